The molecule has 23 heavy (non-hydrogen) atoms. The molecule has 1 heterocycles. The number of hydrogen-bond donors (Lipinski definition) is 0. The maximum atomic E-state index is 13.1. The number of sulfonamides is 1. The van der Waals surface area contributed by atoms with Crippen molar-refractivity contribution in [2.24, 2.45) is 5.92 Å². The van der Waals surface area contributed by atoms with Crippen molar-refractivity contribution in [2.45, 2.75) is 31.8 Å². The number of para-hydroxylation sites is 2. The number of rotatable bonds is 3. The van der Waals surface area contributed by atoms with E-state index in [1.807, 2.05) is 51.1 Å². The number of hydrogen-bond acceptors (Lipinski definition) is 3. The standard InChI is InChI=1S/C18H21NO3S/c1-13(2)18-12-19(16-6-4-5-7-17(16)22-18)23(20,21)15-10-8-14(3)9-11-15/h4-11,13,18H,12H2,1-3H3/t18-/m1/s1. The van der Waals surface area contributed by atoms with Crippen molar-refractivity contribution in [3.63, 3.8) is 0 Å². The van der Waals surface area contributed by atoms with Crippen molar-refractivity contribution in [2.75, 3.05) is 10.8 Å². The van der Waals surface area contributed by atoms with Crippen LogP contribution in [-0.2, 0) is 10.0 Å². The Balaban J connectivity index is 2.08. The highest BCUT2D eigenvalue weighted by atomic mass is 32.2. The number of fused-ring (bicyclic) bond motifs is 1. The summed E-state index contributed by atoms with van der Waals surface area (Å²) in [6.45, 7) is 6.34. The normalized spacial score (nSPS) is 17.7. The number of ether oxygens (including phenoxy) is 1. The predicted molar refractivity (Wildman–Crippen MR) is 91.4 cm³/mol. The molecule has 2 aromatic carbocycles. The average molecular weight is 331 g/mol. The lowest BCUT2D eigenvalue weighted by atomic mass is 10.1. The maximum absolute atomic E-state index is 13.1. The van der Waals surface area contributed by atoms with Crippen LogP contribution < -0.4 is 9.04 Å². The molecule has 0 N–H and O–H groups in total. The van der Waals surface area contributed by atoms with Gasteiger partial charge >= 0.3 is 0 Å². The first kappa shape index (κ1) is 15.9. The number of nitrogens with zero attached hydrogens (tertiary/aromatic N) is 1. The lowest BCUT2D eigenvalue weighted by molar-refractivity contribution is 0.151. The molecule has 1 aliphatic rings. The third kappa shape index (κ3) is 2.93. The van der Waals surface area contributed by atoms with Gasteiger partial charge in [-0.15, -0.1) is 0 Å². The molecule has 5 heteroatoms. The zero-order valence-corrected chi connectivity index (χ0v) is 14.4. The lowest BCUT2D eigenvalue weighted by Crippen LogP contribution is -2.45. The van der Waals surface area contributed by atoms with Gasteiger partial charge in [0.05, 0.1) is 17.1 Å². The van der Waals surface area contributed by atoms with Crippen molar-refractivity contribution < 1.29 is 13.2 Å². The molecule has 0 fully saturated rings. The molecule has 4 nitrogen and oxygen atoms in total. The highest BCUT2D eigenvalue weighted by molar-refractivity contribution is 7.92. The van der Waals surface area contributed by atoms with E-state index in [0.29, 0.717) is 22.9 Å². The molecule has 1 aliphatic heterocycles. The zero-order chi connectivity index (χ0) is 16.6. The second kappa shape index (κ2) is 5.89. The Morgan fingerprint density at radius 3 is 2.39 bits per heavy atom. The first-order chi connectivity index (χ1) is 10.9. The third-order valence-electron chi connectivity index (χ3n) is 4.11. The highest BCUT2D eigenvalue weighted by Crippen LogP contribution is 2.37. The van der Waals surface area contributed by atoms with Crippen LogP contribution in [0.4, 0.5) is 5.69 Å². The van der Waals surface area contributed by atoms with Gasteiger partial charge in [-0.2, -0.15) is 0 Å². The van der Waals surface area contributed by atoms with Gasteiger partial charge in [-0.25, -0.2) is 8.42 Å². The molecule has 0 saturated carbocycles. The molecule has 1 atom stereocenters. The van der Waals surface area contributed by atoms with Gasteiger partial charge in [0.1, 0.15) is 11.9 Å². The summed E-state index contributed by atoms with van der Waals surface area (Å²) in [7, 11) is -3.61. The van der Waals surface area contributed by atoms with Gasteiger partial charge in [-0.1, -0.05) is 43.7 Å². The summed E-state index contributed by atoms with van der Waals surface area (Å²) in [5.41, 5.74) is 1.64. The molecule has 0 bridgehead atoms. The monoisotopic (exact) mass is 331 g/mol. The van der Waals surface area contributed by atoms with Gasteiger partial charge < -0.3 is 4.74 Å². The maximum Gasteiger partial charge on any atom is 0.264 e. The van der Waals surface area contributed by atoms with Crippen molar-refractivity contribution >= 4 is 15.7 Å². The van der Waals surface area contributed by atoms with E-state index in [0.717, 1.165) is 5.56 Å². The molecule has 0 aromatic heterocycles. The average Bonchev–Trinajstić information content (AvgIpc) is 2.54. The Kier molecular flexibility index (Phi) is 4.06. The molecule has 2 aromatic rings. The third-order valence-corrected chi connectivity index (χ3v) is 5.90. The Hall–Kier alpha value is -2.01. The smallest absolute Gasteiger partial charge is 0.264 e. The summed E-state index contributed by atoms with van der Waals surface area (Å²) in [6.07, 6.45) is -0.162. The summed E-state index contributed by atoms with van der Waals surface area (Å²) in [5.74, 6) is 0.840. The molecule has 0 unspecified atom stereocenters. The first-order valence-electron chi connectivity index (χ1n) is 7.74. The molecule has 0 amide bonds. The lowest BCUT2D eigenvalue weighted by Gasteiger charge is -2.37. The number of aryl methyl sites for hydroxylation is 1. The largest absolute Gasteiger partial charge is 0.486 e. The molecule has 0 aliphatic carbocycles. The molecule has 0 radical (unpaired) electrons. The van der Waals surface area contributed by atoms with Crippen molar-refractivity contribution in [1.29, 1.82) is 0 Å². The van der Waals surface area contributed by atoms with Gasteiger partial charge in [-0.3, -0.25) is 4.31 Å². The van der Waals surface area contributed by atoms with Crippen molar-refractivity contribution in [3.8, 4) is 5.75 Å². The number of anilines is 1. The Bertz CT molecular complexity index is 797. The van der Waals surface area contributed by atoms with Crippen LogP contribution in [0, 0.1) is 12.8 Å². The molecular formula is C18H21NO3S. The van der Waals surface area contributed by atoms with Crippen LogP contribution in [-0.4, -0.2) is 21.1 Å². The van der Waals surface area contributed by atoms with Gasteiger partial charge in [0.25, 0.3) is 10.0 Å². The minimum atomic E-state index is -3.61. The topological polar surface area (TPSA) is 46.6 Å². The van der Waals surface area contributed by atoms with Gasteiger partial charge in [0.2, 0.25) is 0 Å². The van der Waals surface area contributed by atoms with E-state index in [1.54, 1.807) is 18.2 Å². The molecular weight excluding hydrogens is 310 g/mol. The van der Waals surface area contributed by atoms with E-state index >= 15 is 0 Å². The van der Waals surface area contributed by atoms with Crippen LogP contribution in [0.25, 0.3) is 0 Å². The van der Waals surface area contributed by atoms with Gasteiger partial charge in [0.15, 0.2) is 0 Å². The minimum absolute atomic E-state index is 0.162. The highest BCUT2D eigenvalue weighted by Gasteiger charge is 2.35. The summed E-state index contributed by atoms with van der Waals surface area (Å²) >= 11 is 0. The Morgan fingerprint density at radius 2 is 1.74 bits per heavy atom. The van der Waals surface area contributed by atoms with E-state index in [-0.39, 0.29) is 12.0 Å². The van der Waals surface area contributed by atoms with E-state index in [4.69, 9.17) is 4.74 Å². The van der Waals surface area contributed by atoms with Crippen LogP contribution in [0.3, 0.4) is 0 Å². The minimum Gasteiger partial charge on any atom is -0.486 e. The van der Waals surface area contributed by atoms with Crippen LogP contribution in [0.1, 0.15) is 19.4 Å². The second-order valence-electron chi connectivity index (χ2n) is 6.22. The van der Waals surface area contributed by atoms with Crippen LogP contribution in [0.5, 0.6) is 5.75 Å². The quantitative estimate of drug-likeness (QED) is 0.863. The first-order valence-corrected chi connectivity index (χ1v) is 9.18. The zero-order valence-electron chi connectivity index (χ0n) is 13.6. The van der Waals surface area contributed by atoms with Crippen molar-refractivity contribution in [1.82, 2.24) is 0 Å². The fourth-order valence-electron chi connectivity index (χ4n) is 2.64. The fraction of sp³-hybridized carbons (Fsp3) is 0.333. The van der Waals surface area contributed by atoms with E-state index < -0.39 is 10.0 Å². The molecule has 0 saturated heterocycles. The number of benzene rings is 2. The summed E-state index contributed by atoms with van der Waals surface area (Å²) in [5, 5.41) is 0. The molecule has 122 valence electrons. The van der Waals surface area contributed by atoms with E-state index in [2.05, 4.69) is 0 Å². The SMILES string of the molecule is Cc1ccc(S(=O)(=O)N2C[C@H](C(C)C)Oc3ccccc32)cc1. The van der Waals surface area contributed by atoms with E-state index in [1.165, 1.54) is 4.31 Å². The second-order valence-corrected chi connectivity index (χ2v) is 8.08. The van der Waals surface area contributed by atoms with Crippen LogP contribution in [0.15, 0.2) is 53.4 Å². The predicted octanol–water partition coefficient (Wildman–Crippen LogP) is 3.61. The summed E-state index contributed by atoms with van der Waals surface area (Å²) in [6, 6.07) is 14.3. The van der Waals surface area contributed by atoms with Crippen molar-refractivity contribution in [3.05, 3.63) is 54.1 Å². The summed E-state index contributed by atoms with van der Waals surface area (Å²) in [4.78, 5) is 0.308. The van der Waals surface area contributed by atoms with Gasteiger partial charge in [0, 0.05) is 0 Å². The van der Waals surface area contributed by atoms with Crippen LogP contribution in [0.2, 0.25) is 0 Å². The van der Waals surface area contributed by atoms with Gasteiger partial charge in [-0.05, 0) is 37.1 Å². The van der Waals surface area contributed by atoms with Crippen LogP contribution >= 0.6 is 0 Å². The van der Waals surface area contributed by atoms with E-state index in [9.17, 15) is 8.42 Å². The Morgan fingerprint density at radius 1 is 1.09 bits per heavy atom. The Labute approximate surface area is 137 Å². The molecule has 3 rings (SSSR count). The fourth-order valence-corrected chi connectivity index (χ4v) is 4.12. The summed E-state index contributed by atoms with van der Waals surface area (Å²) < 4.78 is 33.6. The molecule has 0 spiro atoms.